The van der Waals surface area contributed by atoms with E-state index in [9.17, 15) is 9.90 Å². The Kier molecular flexibility index (Phi) is 5.41. The first-order chi connectivity index (χ1) is 11.6. The van der Waals surface area contributed by atoms with Crippen molar-refractivity contribution in [3.8, 4) is 5.75 Å². The van der Waals surface area contributed by atoms with Crippen molar-refractivity contribution >= 4 is 17.5 Å². The Morgan fingerprint density at radius 3 is 2.29 bits per heavy atom. The number of aromatic hydroxyl groups is 1. The molecule has 0 bridgehead atoms. The maximum Gasteiger partial charge on any atom is 0.222 e. The van der Waals surface area contributed by atoms with Crippen LogP contribution in [-0.2, 0) is 11.2 Å². The van der Waals surface area contributed by atoms with Crippen molar-refractivity contribution in [2.75, 3.05) is 13.1 Å². The van der Waals surface area contributed by atoms with E-state index in [0.717, 1.165) is 42.9 Å². The molecule has 1 aliphatic rings. The van der Waals surface area contributed by atoms with Gasteiger partial charge in [-0.25, -0.2) is 0 Å². The van der Waals surface area contributed by atoms with Gasteiger partial charge in [0.1, 0.15) is 5.75 Å². The fraction of sp³-hybridized carbons (Fsp3) is 0.350. The van der Waals surface area contributed by atoms with Crippen molar-refractivity contribution in [1.29, 1.82) is 0 Å². The minimum Gasteiger partial charge on any atom is -0.508 e. The van der Waals surface area contributed by atoms with Gasteiger partial charge in [-0.3, -0.25) is 4.79 Å². The van der Waals surface area contributed by atoms with E-state index in [1.807, 2.05) is 41.3 Å². The molecule has 1 aliphatic heterocycles. The van der Waals surface area contributed by atoms with Crippen LogP contribution in [0.15, 0.2) is 48.5 Å². The Morgan fingerprint density at radius 1 is 1.04 bits per heavy atom. The molecule has 0 aromatic heterocycles. The van der Waals surface area contributed by atoms with Gasteiger partial charge in [-0.1, -0.05) is 35.9 Å². The summed E-state index contributed by atoms with van der Waals surface area (Å²) >= 11 is 5.88. The Labute approximate surface area is 147 Å². The van der Waals surface area contributed by atoms with Crippen LogP contribution in [0.25, 0.3) is 0 Å². The highest BCUT2D eigenvalue weighted by Crippen LogP contribution is 2.29. The number of aryl methyl sites for hydroxylation is 1. The van der Waals surface area contributed by atoms with Crippen LogP contribution >= 0.6 is 11.6 Å². The molecule has 2 aromatic rings. The number of hydrogen-bond acceptors (Lipinski definition) is 2. The number of benzene rings is 2. The topological polar surface area (TPSA) is 40.5 Å². The molecule has 2 aromatic carbocycles. The summed E-state index contributed by atoms with van der Waals surface area (Å²) in [5, 5.41) is 10.1. The summed E-state index contributed by atoms with van der Waals surface area (Å²) < 4.78 is 0. The van der Waals surface area contributed by atoms with E-state index >= 15 is 0 Å². The molecule has 0 radical (unpaired) electrons. The van der Waals surface area contributed by atoms with Gasteiger partial charge in [-0.15, -0.1) is 0 Å². The van der Waals surface area contributed by atoms with Gasteiger partial charge in [0.15, 0.2) is 0 Å². The SMILES string of the molecule is O=C(CCc1ccc(Cl)cc1)N1CCC(c2ccc(O)cc2)CC1. The Morgan fingerprint density at radius 2 is 1.67 bits per heavy atom. The van der Waals surface area contributed by atoms with Crippen molar-refractivity contribution < 1.29 is 9.90 Å². The first kappa shape index (κ1) is 16.8. The van der Waals surface area contributed by atoms with Gasteiger partial charge >= 0.3 is 0 Å². The lowest BCUT2D eigenvalue weighted by atomic mass is 9.89. The molecule has 1 N–H and O–H groups in total. The van der Waals surface area contributed by atoms with Gasteiger partial charge in [0, 0.05) is 24.5 Å². The maximum absolute atomic E-state index is 12.4. The molecule has 126 valence electrons. The first-order valence-corrected chi connectivity index (χ1v) is 8.81. The second-order valence-electron chi connectivity index (χ2n) is 6.37. The number of halogens is 1. The molecule has 0 atom stereocenters. The third-order valence-electron chi connectivity index (χ3n) is 4.75. The average molecular weight is 344 g/mol. The van der Waals surface area contributed by atoms with Crippen LogP contribution < -0.4 is 0 Å². The van der Waals surface area contributed by atoms with E-state index < -0.39 is 0 Å². The number of rotatable bonds is 4. The molecule has 1 saturated heterocycles. The van der Waals surface area contributed by atoms with Gasteiger partial charge in [-0.05, 0) is 60.6 Å². The molecule has 3 nitrogen and oxygen atoms in total. The lowest BCUT2D eigenvalue weighted by molar-refractivity contribution is -0.132. The smallest absolute Gasteiger partial charge is 0.222 e. The first-order valence-electron chi connectivity index (χ1n) is 8.43. The van der Waals surface area contributed by atoms with Crippen molar-refractivity contribution in [3.05, 3.63) is 64.7 Å². The van der Waals surface area contributed by atoms with Crippen LogP contribution in [-0.4, -0.2) is 29.0 Å². The van der Waals surface area contributed by atoms with E-state index in [0.29, 0.717) is 18.1 Å². The second-order valence-corrected chi connectivity index (χ2v) is 6.81. The van der Waals surface area contributed by atoms with Gasteiger partial charge in [0.2, 0.25) is 5.91 Å². The highest BCUT2D eigenvalue weighted by molar-refractivity contribution is 6.30. The van der Waals surface area contributed by atoms with Crippen LogP contribution in [0.2, 0.25) is 5.02 Å². The molecule has 0 unspecified atom stereocenters. The fourth-order valence-corrected chi connectivity index (χ4v) is 3.40. The number of phenols is 1. The van der Waals surface area contributed by atoms with Gasteiger partial charge < -0.3 is 10.0 Å². The maximum atomic E-state index is 12.4. The quantitative estimate of drug-likeness (QED) is 0.894. The number of hydrogen-bond donors (Lipinski definition) is 1. The lowest BCUT2D eigenvalue weighted by Gasteiger charge is -2.32. The molecule has 0 aliphatic carbocycles. The number of phenolic OH excluding ortho intramolecular Hbond substituents is 1. The molecule has 4 heteroatoms. The van der Waals surface area contributed by atoms with Gasteiger partial charge in [0.05, 0.1) is 0 Å². The highest BCUT2D eigenvalue weighted by atomic mass is 35.5. The number of carbonyl (C=O) groups is 1. The number of piperidine rings is 1. The molecular weight excluding hydrogens is 322 g/mol. The molecule has 24 heavy (non-hydrogen) atoms. The van der Waals surface area contributed by atoms with Crippen LogP contribution in [0.5, 0.6) is 5.75 Å². The molecule has 3 rings (SSSR count). The van der Waals surface area contributed by atoms with Crippen molar-refractivity contribution in [2.24, 2.45) is 0 Å². The van der Waals surface area contributed by atoms with Crippen LogP contribution in [0.3, 0.4) is 0 Å². The van der Waals surface area contributed by atoms with Crippen molar-refractivity contribution in [2.45, 2.75) is 31.6 Å². The molecule has 0 spiro atoms. The van der Waals surface area contributed by atoms with Crippen LogP contribution in [0.1, 0.15) is 36.3 Å². The van der Waals surface area contributed by atoms with Gasteiger partial charge in [0.25, 0.3) is 0 Å². The number of nitrogens with zero attached hydrogens (tertiary/aromatic N) is 1. The predicted molar refractivity (Wildman–Crippen MR) is 96.4 cm³/mol. The summed E-state index contributed by atoms with van der Waals surface area (Å²) in [6.45, 7) is 1.62. The number of carbonyl (C=O) groups excluding carboxylic acids is 1. The molecule has 1 amide bonds. The van der Waals surface area contributed by atoms with E-state index in [1.54, 1.807) is 12.1 Å². The van der Waals surface area contributed by atoms with E-state index in [-0.39, 0.29) is 5.91 Å². The molecule has 0 saturated carbocycles. The lowest BCUT2D eigenvalue weighted by Crippen LogP contribution is -2.38. The minimum atomic E-state index is 0.231. The van der Waals surface area contributed by atoms with Crippen LogP contribution in [0.4, 0.5) is 0 Å². The fourth-order valence-electron chi connectivity index (χ4n) is 3.27. The summed E-state index contributed by atoms with van der Waals surface area (Å²) in [7, 11) is 0. The summed E-state index contributed by atoms with van der Waals surface area (Å²) in [4.78, 5) is 14.4. The Hall–Kier alpha value is -2.00. The third-order valence-corrected chi connectivity index (χ3v) is 5.00. The van der Waals surface area contributed by atoms with E-state index in [2.05, 4.69) is 0 Å². The monoisotopic (exact) mass is 343 g/mol. The highest BCUT2D eigenvalue weighted by Gasteiger charge is 2.23. The van der Waals surface area contributed by atoms with Gasteiger partial charge in [-0.2, -0.15) is 0 Å². The normalized spacial score (nSPS) is 15.5. The zero-order valence-electron chi connectivity index (χ0n) is 13.6. The summed E-state index contributed by atoms with van der Waals surface area (Å²) in [5.41, 5.74) is 2.40. The van der Waals surface area contributed by atoms with Crippen LogP contribution in [0, 0.1) is 0 Å². The summed E-state index contributed by atoms with van der Waals surface area (Å²) in [5.74, 6) is 1.01. The Bertz CT molecular complexity index is 674. The molecule has 1 fully saturated rings. The average Bonchev–Trinajstić information content (AvgIpc) is 2.62. The third kappa shape index (κ3) is 4.30. The summed E-state index contributed by atoms with van der Waals surface area (Å²) in [6, 6.07) is 15.1. The zero-order valence-corrected chi connectivity index (χ0v) is 14.4. The van der Waals surface area contributed by atoms with Crippen molar-refractivity contribution in [1.82, 2.24) is 4.90 Å². The van der Waals surface area contributed by atoms with E-state index in [1.165, 1.54) is 5.56 Å². The second kappa shape index (κ2) is 7.71. The molecule has 1 heterocycles. The Balaban J connectivity index is 1.48. The predicted octanol–water partition coefficient (Wildman–Crippen LogP) is 4.38. The zero-order chi connectivity index (χ0) is 16.9. The van der Waals surface area contributed by atoms with Crippen molar-refractivity contribution in [3.63, 3.8) is 0 Å². The minimum absolute atomic E-state index is 0.231. The standard InChI is InChI=1S/C20H22ClNO2/c21-18-6-1-15(2-7-18)3-10-20(24)22-13-11-17(12-14-22)16-4-8-19(23)9-5-16/h1-2,4-9,17,23H,3,10-14H2. The number of amides is 1. The largest absolute Gasteiger partial charge is 0.508 e. The molecular formula is C20H22ClNO2. The van der Waals surface area contributed by atoms with E-state index in [4.69, 9.17) is 11.6 Å². The number of likely N-dealkylation sites (tertiary alicyclic amines) is 1. The summed E-state index contributed by atoms with van der Waals surface area (Å²) in [6.07, 6.45) is 3.27.